The van der Waals surface area contributed by atoms with E-state index in [9.17, 15) is 4.79 Å². The SMILES string of the molecule is COc1cc(C(=O)N(C)c2cc(C)cc(C)c2)ccc1N. The molecule has 2 aromatic carbocycles. The van der Waals surface area contributed by atoms with Crippen molar-refractivity contribution in [1.82, 2.24) is 0 Å². The number of hydrogen-bond donors (Lipinski definition) is 1. The second-order valence-electron chi connectivity index (χ2n) is 5.17. The third kappa shape index (κ3) is 3.16. The van der Waals surface area contributed by atoms with Crippen LogP contribution in [0.25, 0.3) is 0 Å². The van der Waals surface area contributed by atoms with Crippen LogP contribution in [0.5, 0.6) is 5.75 Å². The number of methoxy groups -OCH3 is 1. The summed E-state index contributed by atoms with van der Waals surface area (Å²) in [4.78, 5) is 14.2. The minimum Gasteiger partial charge on any atom is -0.495 e. The Morgan fingerprint density at radius 2 is 1.71 bits per heavy atom. The number of carbonyl (C=O) groups is 1. The summed E-state index contributed by atoms with van der Waals surface area (Å²) in [5, 5.41) is 0. The maximum absolute atomic E-state index is 12.6. The van der Waals surface area contributed by atoms with Crippen LogP contribution in [0.1, 0.15) is 21.5 Å². The molecule has 0 fully saturated rings. The zero-order valence-electron chi connectivity index (χ0n) is 12.8. The Balaban J connectivity index is 2.34. The Kier molecular flexibility index (Phi) is 4.17. The van der Waals surface area contributed by atoms with Crippen molar-refractivity contribution < 1.29 is 9.53 Å². The molecule has 0 atom stereocenters. The highest BCUT2D eigenvalue weighted by Gasteiger charge is 2.15. The summed E-state index contributed by atoms with van der Waals surface area (Å²) < 4.78 is 5.16. The lowest BCUT2D eigenvalue weighted by atomic mass is 10.1. The van der Waals surface area contributed by atoms with Crippen LogP contribution in [0.3, 0.4) is 0 Å². The molecule has 0 aliphatic carbocycles. The van der Waals surface area contributed by atoms with E-state index in [2.05, 4.69) is 6.07 Å². The summed E-state index contributed by atoms with van der Waals surface area (Å²) in [6, 6.07) is 11.1. The minimum absolute atomic E-state index is 0.0988. The molecule has 2 N–H and O–H groups in total. The van der Waals surface area contributed by atoms with Crippen LogP contribution in [0.2, 0.25) is 0 Å². The van der Waals surface area contributed by atoms with Crippen LogP contribution in [0.15, 0.2) is 36.4 Å². The standard InChI is InChI=1S/C17H20N2O2/c1-11-7-12(2)9-14(8-11)19(3)17(20)13-5-6-15(18)16(10-13)21-4/h5-10H,18H2,1-4H3. The summed E-state index contributed by atoms with van der Waals surface area (Å²) in [6.07, 6.45) is 0. The maximum atomic E-state index is 12.6. The van der Waals surface area contributed by atoms with E-state index in [0.717, 1.165) is 16.8 Å². The second kappa shape index (κ2) is 5.87. The van der Waals surface area contributed by atoms with Crippen LogP contribution in [0, 0.1) is 13.8 Å². The number of nitrogens with zero attached hydrogens (tertiary/aromatic N) is 1. The van der Waals surface area contributed by atoms with Crippen molar-refractivity contribution in [3.05, 3.63) is 53.1 Å². The van der Waals surface area contributed by atoms with Crippen molar-refractivity contribution in [2.75, 3.05) is 24.8 Å². The van der Waals surface area contributed by atoms with Crippen LogP contribution >= 0.6 is 0 Å². The number of hydrogen-bond acceptors (Lipinski definition) is 3. The van der Waals surface area contributed by atoms with Crippen molar-refractivity contribution >= 4 is 17.3 Å². The largest absolute Gasteiger partial charge is 0.495 e. The van der Waals surface area contributed by atoms with Gasteiger partial charge in [-0.25, -0.2) is 0 Å². The summed E-state index contributed by atoms with van der Waals surface area (Å²) in [5.74, 6) is 0.410. The zero-order valence-corrected chi connectivity index (χ0v) is 12.8. The topological polar surface area (TPSA) is 55.6 Å². The highest BCUT2D eigenvalue weighted by molar-refractivity contribution is 6.06. The Bertz CT molecular complexity index is 660. The van der Waals surface area contributed by atoms with Gasteiger partial charge >= 0.3 is 0 Å². The van der Waals surface area contributed by atoms with Crippen molar-refractivity contribution in [1.29, 1.82) is 0 Å². The lowest BCUT2D eigenvalue weighted by molar-refractivity contribution is 0.0992. The third-order valence-corrected chi connectivity index (χ3v) is 3.38. The summed E-state index contributed by atoms with van der Waals surface area (Å²) in [5.41, 5.74) is 9.96. The van der Waals surface area contributed by atoms with Gasteiger partial charge in [-0.2, -0.15) is 0 Å². The molecule has 4 heteroatoms. The molecule has 21 heavy (non-hydrogen) atoms. The van der Waals surface area contributed by atoms with Crippen LogP contribution < -0.4 is 15.4 Å². The van der Waals surface area contributed by atoms with Crippen LogP contribution in [-0.2, 0) is 0 Å². The number of nitrogens with two attached hydrogens (primary N) is 1. The molecule has 0 aromatic heterocycles. The fraction of sp³-hybridized carbons (Fsp3) is 0.235. The van der Waals surface area contributed by atoms with Gasteiger partial charge in [-0.3, -0.25) is 4.79 Å². The number of benzene rings is 2. The van der Waals surface area contributed by atoms with Gasteiger partial charge in [-0.1, -0.05) is 6.07 Å². The van der Waals surface area contributed by atoms with Crippen LogP contribution in [0.4, 0.5) is 11.4 Å². The molecule has 0 saturated carbocycles. The molecule has 0 bridgehead atoms. The van der Waals surface area contributed by atoms with Gasteiger partial charge in [0, 0.05) is 18.3 Å². The summed E-state index contributed by atoms with van der Waals surface area (Å²) in [7, 11) is 3.30. The fourth-order valence-corrected chi connectivity index (χ4v) is 2.30. The molecule has 110 valence electrons. The van der Waals surface area contributed by atoms with E-state index in [1.54, 1.807) is 30.1 Å². The minimum atomic E-state index is -0.0988. The number of ether oxygens (including phenoxy) is 1. The normalized spacial score (nSPS) is 10.3. The zero-order chi connectivity index (χ0) is 15.6. The molecule has 0 unspecified atom stereocenters. The Hall–Kier alpha value is -2.49. The van der Waals surface area contributed by atoms with Crippen molar-refractivity contribution in [3.63, 3.8) is 0 Å². The predicted octanol–water partition coefficient (Wildman–Crippen LogP) is 3.17. The number of nitrogen functional groups attached to an aromatic ring is 1. The van der Waals surface area contributed by atoms with Crippen molar-refractivity contribution in [2.45, 2.75) is 13.8 Å². The monoisotopic (exact) mass is 284 g/mol. The van der Waals surface area contributed by atoms with Gasteiger partial charge in [0.1, 0.15) is 5.75 Å². The van der Waals surface area contributed by atoms with E-state index in [1.165, 1.54) is 7.11 Å². The Morgan fingerprint density at radius 1 is 1.10 bits per heavy atom. The van der Waals surface area contributed by atoms with Gasteiger partial charge in [0.15, 0.2) is 0 Å². The Morgan fingerprint density at radius 3 is 2.29 bits per heavy atom. The van der Waals surface area contributed by atoms with Crippen molar-refractivity contribution in [3.8, 4) is 5.75 Å². The van der Waals surface area contributed by atoms with Crippen LogP contribution in [-0.4, -0.2) is 20.1 Å². The van der Waals surface area contributed by atoms with E-state index < -0.39 is 0 Å². The smallest absolute Gasteiger partial charge is 0.258 e. The number of amides is 1. The Labute approximate surface area is 125 Å². The van der Waals surface area contributed by atoms with E-state index in [4.69, 9.17) is 10.5 Å². The number of aryl methyl sites for hydroxylation is 2. The average molecular weight is 284 g/mol. The van der Waals surface area contributed by atoms with Gasteiger partial charge in [-0.05, 0) is 55.3 Å². The van der Waals surface area contributed by atoms with Gasteiger partial charge in [0.25, 0.3) is 5.91 Å². The fourth-order valence-electron chi connectivity index (χ4n) is 2.30. The molecule has 0 spiro atoms. The highest BCUT2D eigenvalue weighted by atomic mass is 16.5. The van der Waals surface area contributed by atoms with Gasteiger partial charge < -0.3 is 15.4 Å². The van der Waals surface area contributed by atoms with E-state index in [1.807, 2.05) is 26.0 Å². The first kappa shape index (κ1) is 14.9. The second-order valence-corrected chi connectivity index (χ2v) is 5.17. The van der Waals surface area contributed by atoms with Gasteiger partial charge in [0.05, 0.1) is 12.8 Å². The summed E-state index contributed by atoms with van der Waals surface area (Å²) >= 11 is 0. The molecule has 2 rings (SSSR count). The lowest BCUT2D eigenvalue weighted by Gasteiger charge is -2.19. The van der Waals surface area contributed by atoms with E-state index in [-0.39, 0.29) is 5.91 Å². The molecule has 2 aromatic rings. The molecule has 4 nitrogen and oxygen atoms in total. The first-order valence-corrected chi connectivity index (χ1v) is 6.72. The summed E-state index contributed by atoms with van der Waals surface area (Å²) in [6.45, 7) is 4.03. The predicted molar refractivity (Wildman–Crippen MR) is 86.1 cm³/mol. The first-order valence-electron chi connectivity index (χ1n) is 6.72. The lowest BCUT2D eigenvalue weighted by Crippen LogP contribution is -2.26. The molecule has 0 heterocycles. The number of rotatable bonds is 3. The molecule has 0 saturated heterocycles. The molecule has 1 amide bonds. The molecule has 0 aliphatic rings. The average Bonchev–Trinajstić information content (AvgIpc) is 2.45. The van der Waals surface area contributed by atoms with Crippen molar-refractivity contribution in [2.24, 2.45) is 0 Å². The molecule has 0 radical (unpaired) electrons. The quantitative estimate of drug-likeness (QED) is 0.881. The van der Waals surface area contributed by atoms with Gasteiger partial charge in [-0.15, -0.1) is 0 Å². The van der Waals surface area contributed by atoms with E-state index in [0.29, 0.717) is 17.0 Å². The third-order valence-electron chi connectivity index (χ3n) is 3.38. The first-order chi connectivity index (χ1) is 9.92. The van der Waals surface area contributed by atoms with Gasteiger partial charge in [0.2, 0.25) is 0 Å². The number of carbonyl (C=O) groups excluding carboxylic acids is 1. The molecule has 0 aliphatic heterocycles. The molecular weight excluding hydrogens is 264 g/mol. The highest BCUT2D eigenvalue weighted by Crippen LogP contribution is 2.25. The number of anilines is 2. The van der Waals surface area contributed by atoms with E-state index >= 15 is 0 Å². The molecular formula is C17H20N2O2. The maximum Gasteiger partial charge on any atom is 0.258 e.